The van der Waals surface area contributed by atoms with E-state index in [2.05, 4.69) is 39.1 Å². The third-order valence-electron chi connectivity index (χ3n) is 4.91. The van der Waals surface area contributed by atoms with Crippen molar-refractivity contribution < 1.29 is 4.79 Å². The second kappa shape index (κ2) is 6.59. The molecule has 1 fully saturated rings. The highest BCUT2D eigenvalue weighted by Gasteiger charge is 2.22. The van der Waals surface area contributed by atoms with E-state index in [1.54, 1.807) is 12.4 Å². The summed E-state index contributed by atoms with van der Waals surface area (Å²) in [7, 11) is 0. The van der Waals surface area contributed by atoms with Crippen molar-refractivity contribution in [3.63, 3.8) is 0 Å². The summed E-state index contributed by atoms with van der Waals surface area (Å²) >= 11 is 0. The lowest BCUT2D eigenvalue weighted by molar-refractivity contribution is 0.0786. The van der Waals surface area contributed by atoms with Crippen molar-refractivity contribution in [2.45, 2.75) is 32.2 Å². The molecule has 2 aliphatic rings. The quantitative estimate of drug-likeness (QED) is 0.853. The molecule has 0 N–H and O–H groups in total. The van der Waals surface area contributed by atoms with E-state index in [1.807, 2.05) is 4.90 Å². The molecule has 1 aromatic heterocycles. The lowest BCUT2D eigenvalue weighted by atomic mass is 10.0. The summed E-state index contributed by atoms with van der Waals surface area (Å²) in [6, 6.07) is 8.57. The van der Waals surface area contributed by atoms with Gasteiger partial charge in [0.1, 0.15) is 11.5 Å². The SMILES string of the molecule is O=C(c1cncc(N2CCCc3ccccc3C2)n1)N1CCCC1. The fourth-order valence-electron chi connectivity index (χ4n) is 3.59. The molecule has 1 aromatic carbocycles. The molecule has 0 atom stereocenters. The van der Waals surface area contributed by atoms with Gasteiger partial charge >= 0.3 is 0 Å². The standard InChI is InChI=1S/C19H22N4O/c24-19(22-9-3-4-10-22)17-12-20-13-18(21-17)23-11-5-8-15-6-1-2-7-16(15)14-23/h1-2,6-7,12-13H,3-5,8-11,14H2. The molecule has 0 bridgehead atoms. The van der Waals surface area contributed by atoms with Crippen molar-refractivity contribution in [1.29, 1.82) is 0 Å². The Balaban J connectivity index is 1.58. The fraction of sp³-hybridized carbons (Fsp3) is 0.421. The topological polar surface area (TPSA) is 49.3 Å². The molecule has 124 valence electrons. The highest BCUT2D eigenvalue weighted by molar-refractivity contribution is 5.92. The highest BCUT2D eigenvalue weighted by Crippen LogP contribution is 2.22. The number of hydrogen-bond donors (Lipinski definition) is 0. The molecule has 1 saturated heterocycles. The highest BCUT2D eigenvalue weighted by atomic mass is 16.2. The second-order valence-electron chi connectivity index (χ2n) is 6.56. The molecule has 1 amide bonds. The largest absolute Gasteiger partial charge is 0.351 e. The van der Waals surface area contributed by atoms with Crippen molar-refractivity contribution in [2.24, 2.45) is 0 Å². The molecular weight excluding hydrogens is 300 g/mol. The molecule has 5 nitrogen and oxygen atoms in total. The van der Waals surface area contributed by atoms with Crippen LogP contribution < -0.4 is 4.90 Å². The minimum Gasteiger partial charge on any atom is -0.351 e. The van der Waals surface area contributed by atoms with Crippen molar-refractivity contribution in [1.82, 2.24) is 14.9 Å². The fourth-order valence-corrected chi connectivity index (χ4v) is 3.59. The first-order valence-electron chi connectivity index (χ1n) is 8.74. The number of likely N-dealkylation sites (tertiary alicyclic amines) is 1. The zero-order valence-corrected chi connectivity index (χ0v) is 13.8. The van der Waals surface area contributed by atoms with Crippen molar-refractivity contribution >= 4 is 11.7 Å². The first-order chi connectivity index (χ1) is 11.8. The Labute approximate surface area is 142 Å². The molecule has 0 saturated carbocycles. The normalized spacial score (nSPS) is 17.5. The molecule has 24 heavy (non-hydrogen) atoms. The number of amides is 1. The van der Waals surface area contributed by atoms with Gasteiger partial charge in [0.2, 0.25) is 0 Å². The zero-order chi connectivity index (χ0) is 16.4. The summed E-state index contributed by atoms with van der Waals surface area (Å²) in [5.74, 6) is 0.814. The Hall–Kier alpha value is -2.43. The summed E-state index contributed by atoms with van der Waals surface area (Å²) < 4.78 is 0. The van der Waals surface area contributed by atoms with Crippen LogP contribution in [0.2, 0.25) is 0 Å². The van der Waals surface area contributed by atoms with Gasteiger partial charge in [-0.3, -0.25) is 9.78 Å². The Kier molecular flexibility index (Phi) is 4.15. The molecule has 2 aromatic rings. The maximum atomic E-state index is 12.6. The van der Waals surface area contributed by atoms with Crippen LogP contribution in [0.1, 0.15) is 40.9 Å². The minimum atomic E-state index is 0.0112. The Morgan fingerprint density at radius 3 is 2.58 bits per heavy atom. The molecule has 0 unspecified atom stereocenters. The van der Waals surface area contributed by atoms with Crippen molar-refractivity contribution in [3.05, 3.63) is 53.5 Å². The van der Waals surface area contributed by atoms with Gasteiger partial charge in [0.05, 0.1) is 12.4 Å². The molecule has 4 rings (SSSR count). The van der Waals surface area contributed by atoms with Gasteiger partial charge in [-0.1, -0.05) is 24.3 Å². The molecule has 2 aliphatic heterocycles. The monoisotopic (exact) mass is 322 g/mol. The minimum absolute atomic E-state index is 0.0112. The summed E-state index contributed by atoms with van der Waals surface area (Å²) in [6.07, 6.45) is 7.71. The Bertz CT molecular complexity index is 740. The van der Waals surface area contributed by atoms with E-state index in [0.29, 0.717) is 5.69 Å². The number of carbonyl (C=O) groups is 1. The van der Waals surface area contributed by atoms with Crippen LogP contribution in [-0.2, 0) is 13.0 Å². The van der Waals surface area contributed by atoms with Gasteiger partial charge in [0.25, 0.3) is 5.91 Å². The van der Waals surface area contributed by atoms with Gasteiger partial charge < -0.3 is 9.80 Å². The molecule has 3 heterocycles. The summed E-state index contributed by atoms with van der Waals surface area (Å²) in [4.78, 5) is 25.6. The number of carbonyl (C=O) groups excluding carboxylic acids is 1. The van der Waals surface area contributed by atoms with E-state index in [1.165, 1.54) is 11.1 Å². The number of anilines is 1. The second-order valence-corrected chi connectivity index (χ2v) is 6.56. The molecule has 5 heteroatoms. The summed E-state index contributed by atoms with van der Waals surface area (Å²) in [5.41, 5.74) is 3.22. The average molecular weight is 322 g/mol. The smallest absolute Gasteiger partial charge is 0.274 e. The predicted octanol–water partition coefficient (Wildman–Crippen LogP) is 2.67. The maximum absolute atomic E-state index is 12.6. The summed E-state index contributed by atoms with van der Waals surface area (Å²) in [5, 5.41) is 0. The zero-order valence-electron chi connectivity index (χ0n) is 13.8. The van der Waals surface area contributed by atoms with Gasteiger partial charge in [0.15, 0.2) is 0 Å². The third kappa shape index (κ3) is 2.98. The number of benzene rings is 1. The molecule has 0 radical (unpaired) electrons. The van der Waals surface area contributed by atoms with Crippen LogP contribution in [0.25, 0.3) is 0 Å². The van der Waals surface area contributed by atoms with Gasteiger partial charge in [-0.05, 0) is 36.8 Å². The lowest BCUT2D eigenvalue weighted by Gasteiger charge is -2.22. The Morgan fingerprint density at radius 1 is 0.958 bits per heavy atom. The van der Waals surface area contributed by atoms with E-state index in [9.17, 15) is 4.79 Å². The van der Waals surface area contributed by atoms with Gasteiger partial charge in [-0.15, -0.1) is 0 Å². The van der Waals surface area contributed by atoms with E-state index in [-0.39, 0.29) is 5.91 Å². The van der Waals surface area contributed by atoms with Crippen LogP contribution in [0.5, 0.6) is 0 Å². The first kappa shape index (κ1) is 15.1. The predicted molar refractivity (Wildman–Crippen MR) is 93.0 cm³/mol. The first-order valence-corrected chi connectivity index (χ1v) is 8.74. The Morgan fingerprint density at radius 2 is 1.75 bits per heavy atom. The number of rotatable bonds is 2. The van der Waals surface area contributed by atoms with E-state index >= 15 is 0 Å². The van der Waals surface area contributed by atoms with Crippen molar-refractivity contribution in [2.75, 3.05) is 24.5 Å². The van der Waals surface area contributed by atoms with Gasteiger partial charge in [-0.25, -0.2) is 4.98 Å². The van der Waals surface area contributed by atoms with E-state index in [4.69, 9.17) is 0 Å². The number of nitrogens with zero attached hydrogens (tertiary/aromatic N) is 4. The van der Waals surface area contributed by atoms with Crippen LogP contribution >= 0.6 is 0 Å². The van der Waals surface area contributed by atoms with Gasteiger partial charge in [-0.2, -0.15) is 0 Å². The number of hydrogen-bond acceptors (Lipinski definition) is 4. The number of fused-ring (bicyclic) bond motifs is 1. The van der Waals surface area contributed by atoms with E-state index < -0.39 is 0 Å². The molecule has 0 spiro atoms. The molecular formula is C19H22N4O. The third-order valence-corrected chi connectivity index (χ3v) is 4.91. The number of aromatic nitrogens is 2. The van der Waals surface area contributed by atoms with Crippen LogP contribution in [0.3, 0.4) is 0 Å². The van der Waals surface area contributed by atoms with Crippen LogP contribution in [0, 0.1) is 0 Å². The maximum Gasteiger partial charge on any atom is 0.274 e. The van der Waals surface area contributed by atoms with Gasteiger partial charge in [0, 0.05) is 26.2 Å². The van der Waals surface area contributed by atoms with Crippen LogP contribution in [-0.4, -0.2) is 40.4 Å². The number of aryl methyl sites for hydroxylation is 1. The average Bonchev–Trinajstić information content (AvgIpc) is 3.07. The summed E-state index contributed by atoms with van der Waals surface area (Å²) in [6.45, 7) is 3.43. The van der Waals surface area contributed by atoms with Crippen molar-refractivity contribution in [3.8, 4) is 0 Å². The molecule has 0 aliphatic carbocycles. The lowest BCUT2D eigenvalue weighted by Crippen LogP contribution is -2.30. The van der Waals surface area contributed by atoms with Crippen LogP contribution in [0.15, 0.2) is 36.7 Å². The van der Waals surface area contributed by atoms with E-state index in [0.717, 1.165) is 57.7 Å². The van der Waals surface area contributed by atoms with Crippen LogP contribution in [0.4, 0.5) is 5.82 Å².